The van der Waals surface area contributed by atoms with Crippen LogP contribution in [0.3, 0.4) is 0 Å². The molecular weight excluding hydrogens is 954 g/mol. The standard InChI is InChI=1S/C23H28ClN3O3.C12H15ClN2O2.C11H13NO.2CH4.HI/c1-23(2,3)17-4-6-18(7-5-17)26-22(30)27-10-8-15(9-11-27)21-19(24)12-16(13-25-21)20(29)14-28;13-10-5-9(11(17)7-16)6-15-12(10)8-1-3-14-4-2-8;1-11(2,3)9-4-6-10(7-5-9)12-8-13;;;/h4-8,12-13,20,28-29H,9-11,14H2,1-3H3,(H,26,30);1,5-6,11,14,16-17H,2-4,7H2;4-7H,1-3H3;2*1H4;1H/t20-;11-;;;;/m11..../s1. The van der Waals surface area contributed by atoms with Gasteiger partial charge in [-0.15, -0.1) is 24.0 Å². The van der Waals surface area contributed by atoms with Gasteiger partial charge in [0.25, 0.3) is 0 Å². The zero-order valence-corrected chi connectivity index (χ0v) is 39.3. The third kappa shape index (κ3) is 17.1. The summed E-state index contributed by atoms with van der Waals surface area (Å²) in [6, 6.07) is 18.7. The van der Waals surface area contributed by atoms with Gasteiger partial charge in [0.1, 0.15) is 12.2 Å². The van der Waals surface area contributed by atoms with Crippen LogP contribution in [0, 0.1) is 0 Å². The first-order chi connectivity index (χ1) is 28.4. The molecule has 0 unspecified atom stereocenters. The molecule has 0 spiro atoms. The molecule has 0 bridgehead atoms. The number of carbonyl (C=O) groups excluding carboxylic acids is 2. The van der Waals surface area contributed by atoms with Crippen LogP contribution in [0.5, 0.6) is 0 Å². The maximum atomic E-state index is 12.6. The highest BCUT2D eigenvalue weighted by molar-refractivity contribution is 14.0. The van der Waals surface area contributed by atoms with Crippen molar-refractivity contribution < 1.29 is 30.0 Å². The van der Waals surface area contributed by atoms with Gasteiger partial charge in [-0.3, -0.25) is 9.97 Å². The normalized spacial score (nSPS) is 14.4. The van der Waals surface area contributed by atoms with E-state index in [2.05, 4.69) is 73.2 Å². The minimum Gasteiger partial charge on any atom is -0.393 e. The van der Waals surface area contributed by atoms with Crippen molar-refractivity contribution in [1.82, 2.24) is 20.2 Å². The van der Waals surface area contributed by atoms with Crippen LogP contribution in [-0.4, -0.2) is 86.8 Å². The van der Waals surface area contributed by atoms with E-state index in [-0.39, 0.29) is 68.9 Å². The second-order valence-electron chi connectivity index (χ2n) is 16.5. The largest absolute Gasteiger partial charge is 0.393 e. The molecule has 2 atom stereocenters. The predicted octanol–water partition coefficient (Wildman–Crippen LogP) is 10.4. The third-order valence-electron chi connectivity index (χ3n) is 9.92. The number of benzene rings is 2. The third-order valence-corrected chi connectivity index (χ3v) is 10.5. The lowest BCUT2D eigenvalue weighted by Crippen LogP contribution is -2.38. The minimum absolute atomic E-state index is 0. The molecule has 0 radical (unpaired) electrons. The number of aliphatic hydroxyl groups is 4. The molecular formula is C48H65Cl2IN6O6. The second kappa shape index (κ2) is 26.7. The summed E-state index contributed by atoms with van der Waals surface area (Å²) >= 11 is 12.5. The quantitative estimate of drug-likeness (QED) is 0.0569. The number of rotatable bonds is 8. The molecule has 0 saturated heterocycles. The Morgan fingerprint density at radius 1 is 0.810 bits per heavy atom. The Morgan fingerprint density at radius 2 is 1.29 bits per heavy atom. The number of hydrogen-bond donors (Lipinski definition) is 6. The average molecular weight is 1020 g/mol. The molecule has 12 nitrogen and oxygen atoms in total. The van der Waals surface area contributed by atoms with Gasteiger partial charge in [0, 0.05) is 48.8 Å². The van der Waals surface area contributed by atoms with E-state index >= 15 is 0 Å². The molecule has 2 aliphatic heterocycles. The number of isocyanates is 1. The van der Waals surface area contributed by atoms with Crippen molar-refractivity contribution in [2.24, 2.45) is 4.99 Å². The first-order valence-electron chi connectivity index (χ1n) is 19.8. The second-order valence-corrected chi connectivity index (χ2v) is 17.3. The summed E-state index contributed by atoms with van der Waals surface area (Å²) in [4.78, 5) is 36.4. The van der Waals surface area contributed by atoms with E-state index in [4.69, 9.17) is 33.4 Å². The van der Waals surface area contributed by atoms with E-state index in [1.54, 1.807) is 23.2 Å². The molecule has 15 heteroatoms. The Hall–Kier alpha value is -4.02. The first kappa shape index (κ1) is 57.0. The zero-order chi connectivity index (χ0) is 44.0. The van der Waals surface area contributed by atoms with Crippen LogP contribution in [0.15, 0.2) is 90.2 Å². The summed E-state index contributed by atoms with van der Waals surface area (Å²) < 4.78 is 0. The lowest BCUT2D eigenvalue weighted by atomic mass is 9.87. The van der Waals surface area contributed by atoms with Crippen molar-refractivity contribution in [2.75, 3.05) is 44.7 Å². The summed E-state index contributed by atoms with van der Waals surface area (Å²) in [6.07, 6.45) is 8.22. The number of halogens is 3. The number of nitrogens with one attached hydrogen (secondary N) is 2. The average Bonchev–Trinajstić information content (AvgIpc) is 3.23. The van der Waals surface area contributed by atoms with Gasteiger partial charge in [-0.2, -0.15) is 4.99 Å². The number of hydrogen-bond acceptors (Lipinski definition) is 10. The van der Waals surface area contributed by atoms with E-state index in [1.807, 2.05) is 54.6 Å². The Kier molecular flexibility index (Phi) is 24.1. The smallest absolute Gasteiger partial charge is 0.322 e. The molecule has 0 saturated carbocycles. The first-order valence-corrected chi connectivity index (χ1v) is 20.5. The maximum Gasteiger partial charge on any atom is 0.322 e. The molecule has 2 aliphatic rings. The SMILES string of the molecule is C.C.CC(C)(C)c1ccc(N=C=O)cc1.CC(C)(C)c1ccc(NC(=O)N2CC=C(c3ncc([C@H](O)CO)cc3Cl)CC2)cc1.I.OC[C@@H](O)c1cnc(C2=CCNCC2)c(Cl)c1. The number of carbonyl (C=O) groups is 1. The maximum absolute atomic E-state index is 12.6. The molecule has 2 amide bonds. The van der Waals surface area contributed by atoms with Crippen molar-refractivity contribution in [3.63, 3.8) is 0 Å². The van der Waals surface area contributed by atoms with E-state index in [0.29, 0.717) is 52.1 Å². The van der Waals surface area contributed by atoms with Crippen LogP contribution in [0.25, 0.3) is 11.1 Å². The highest BCUT2D eigenvalue weighted by Gasteiger charge is 2.22. The summed E-state index contributed by atoms with van der Waals surface area (Å²) in [5.41, 5.74) is 8.59. The van der Waals surface area contributed by atoms with Gasteiger partial charge in [0.2, 0.25) is 6.08 Å². The van der Waals surface area contributed by atoms with Gasteiger partial charge in [0.05, 0.1) is 40.3 Å². The van der Waals surface area contributed by atoms with Crippen LogP contribution in [0.2, 0.25) is 10.0 Å². The number of amides is 2. The molecule has 6 rings (SSSR count). The number of urea groups is 1. The lowest BCUT2D eigenvalue weighted by Gasteiger charge is -2.27. The highest BCUT2D eigenvalue weighted by Crippen LogP contribution is 2.31. The van der Waals surface area contributed by atoms with Gasteiger partial charge < -0.3 is 36.0 Å². The Bertz CT molecular complexity index is 2170. The van der Waals surface area contributed by atoms with Crippen molar-refractivity contribution in [3.8, 4) is 0 Å². The number of nitrogens with zero attached hydrogens (tertiary/aromatic N) is 4. The van der Waals surface area contributed by atoms with E-state index in [1.165, 1.54) is 23.4 Å². The molecule has 63 heavy (non-hydrogen) atoms. The summed E-state index contributed by atoms with van der Waals surface area (Å²) in [6.45, 7) is 14.9. The Balaban J connectivity index is 0.000000511. The fraction of sp³-hybridized carbons (Fsp3) is 0.417. The monoisotopic (exact) mass is 1020 g/mol. The van der Waals surface area contributed by atoms with Crippen LogP contribution >= 0.6 is 47.2 Å². The number of aliphatic imine (C=N–C) groups is 1. The van der Waals surface area contributed by atoms with Gasteiger partial charge in [-0.25, -0.2) is 9.59 Å². The van der Waals surface area contributed by atoms with Crippen molar-refractivity contribution in [3.05, 3.63) is 129 Å². The van der Waals surface area contributed by atoms with Crippen molar-refractivity contribution in [2.45, 2.75) is 92.3 Å². The van der Waals surface area contributed by atoms with Gasteiger partial charge in [-0.05, 0) is 88.9 Å². The molecule has 0 fully saturated rings. The lowest BCUT2D eigenvalue weighted by molar-refractivity contribution is 0.0953. The van der Waals surface area contributed by atoms with Gasteiger partial charge >= 0.3 is 6.03 Å². The number of aliphatic hydroxyl groups excluding tert-OH is 4. The van der Waals surface area contributed by atoms with Crippen LogP contribution < -0.4 is 10.6 Å². The molecule has 0 aliphatic carbocycles. The number of pyridine rings is 2. The topological polar surface area (TPSA) is 180 Å². The summed E-state index contributed by atoms with van der Waals surface area (Å²) in [5.74, 6) is 0. The van der Waals surface area contributed by atoms with E-state index in [9.17, 15) is 19.8 Å². The fourth-order valence-corrected chi connectivity index (χ4v) is 6.80. The van der Waals surface area contributed by atoms with Crippen LogP contribution in [0.1, 0.15) is 115 Å². The Morgan fingerprint density at radius 3 is 1.67 bits per heavy atom. The minimum atomic E-state index is -0.999. The molecule has 6 N–H and O–H groups in total. The summed E-state index contributed by atoms with van der Waals surface area (Å²) in [5, 5.41) is 44.2. The summed E-state index contributed by atoms with van der Waals surface area (Å²) in [7, 11) is 0. The van der Waals surface area contributed by atoms with Gasteiger partial charge in [0.15, 0.2) is 0 Å². The number of aromatic nitrogens is 2. The molecule has 2 aromatic carbocycles. The highest BCUT2D eigenvalue weighted by atomic mass is 127. The molecule has 344 valence electrons. The van der Waals surface area contributed by atoms with E-state index < -0.39 is 12.2 Å². The molecule has 2 aromatic heterocycles. The van der Waals surface area contributed by atoms with Crippen LogP contribution in [0.4, 0.5) is 16.2 Å². The van der Waals surface area contributed by atoms with Crippen LogP contribution in [-0.2, 0) is 15.6 Å². The predicted molar refractivity (Wildman–Crippen MR) is 268 cm³/mol. The molecule has 4 aromatic rings. The van der Waals surface area contributed by atoms with Crippen molar-refractivity contribution in [1.29, 1.82) is 0 Å². The molecule has 4 heterocycles. The zero-order valence-electron chi connectivity index (χ0n) is 35.5. The fourth-order valence-electron chi connectivity index (χ4n) is 6.20. The van der Waals surface area contributed by atoms with E-state index in [0.717, 1.165) is 42.0 Å². The number of anilines is 1. The Labute approximate surface area is 400 Å². The van der Waals surface area contributed by atoms with Gasteiger partial charge in [-0.1, -0.05) is 116 Å². The van der Waals surface area contributed by atoms with Crippen molar-refractivity contribution >= 4 is 81.8 Å².